The molecule has 0 unspecified atom stereocenters. The Morgan fingerprint density at radius 3 is 2.43 bits per heavy atom. The lowest BCUT2D eigenvalue weighted by Gasteiger charge is -2.35. The van der Waals surface area contributed by atoms with Gasteiger partial charge in [-0.1, -0.05) is 54.6 Å². The monoisotopic (exact) mass is 376 g/mol. The molecule has 146 valence electrons. The molecule has 1 aliphatic carbocycles. The highest BCUT2D eigenvalue weighted by Crippen LogP contribution is 2.33. The lowest BCUT2D eigenvalue weighted by molar-refractivity contribution is -0.137. The fourth-order valence-electron chi connectivity index (χ4n) is 4.52. The molecule has 0 saturated carbocycles. The zero-order valence-electron chi connectivity index (χ0n) is 16.3. The molecule has 0 bridgehead atoms. The van der Waals surface area contributed by atoms with E-state index in [1.54, 1.807) is 0 Å². The van der Waals surface area contributed by atoms with Crippen molar-refractivity contribution in [3.63, 3.8) is 0 Å². The molecule has 1 fully saturated rings. The molecule has 1 heterocycles. The molecule has 1 saturated heterocycles. The van der Waals surface area contributed by atoms with Crippen molar-refractivity contribution in [1.29, 1.82) is 0 Å². The predicted molar refractivity (Wildman–Crippen MR) is 110 cm³/mol. The standard InChI is InChI=1S/C24H28N2O2/c27-23(25-17-18-7-2-1-3-8-18)20-13-15-26(16-14-20)24(28)22-12-6-10-19-9-4-5-11-21(19)22/h1-5,7-9,11,20,22H,6,10,12-17H2,(H,25,27)/t22-/m1/s1. The zero-order valence-corrected chi connectivity index (χ0v) is 16.3. The number of amides is 2. The second kappa shape index (κ2) is 8.59. The van der Waals surface area contributed by atoms with Crippen LogP contribution in [-0.4, -0.2) is 29.8 Å². The number of fused-ring (bicyclic) bond motifs is 1. The smallest absolute Gasteiger partial charge is 0.230 e. The maximum Gasteiger partial charge on any atom is 0.230 e. The van der Waals surface area contributed by atoms with Crippen molar-refractivity contribution in [1.82, 2.24) is 10.2 Å². The summed E-state index contributed by atoms with van der Waals surface area (Å²) in [7, 11) is 0. The Hall–Kier alpha value is -2.62. The van der Waals surface area contributed by atoms with E-state index < -0.39 is 0 Å². The summed E-state index contributed by atoms with van der Waals surface area (Å²) in [6.45, 7) is 1.93. The number of rotatable bonds is 4. The molecule has 0 spiro atoms. The van der Waals surface area contributed by atoms with Gasteiger partial charge in [0, 0.05) is 25.6 Å². The van der Waals surface area contributed by atoms with Gasteiger partial charge in [-0.3, -0.25) is 9.59 Å². The predicted octanol–water partition coefficient (Wildman–Crippen LogP) is 3.66. The number of likely N-dealkylation sites (tertiary alicyclic amines) is 1. The first-order valence-electron chi connectivity index (χ1n) is 10.4. The third-order valence-corrected chi connectivity index (χ3v) is 6.15. The van der Waals surface area contributed by atoms with Crippen LogP contribution in [0.2, 0.25) is 0 Å². The average molecular weight is 377 g/mol. The summed E-state index contributed by atoms with van der Waals surface area (Å²) in [4.78, 5) is 27.6. The zero-order chi connectivity index (χ0) is 19.3. The summed E-state index contributed by atoms with van der Waals surface area (Å²) in [5, 5.41) is 3.05. The van der Waals surface area contributed by atoms with E-state index in [2.05, 4.69) is 23.5 Å². The summed E-state index contributed by atoms with van der Waals surface area (Å²) in [5.74, 6) is 0.356. The minimum atomic E-state index is -0.00610. The topological polar surface area (TPSA) is 49.4 Å². The number of nitrogens with one attached hydrogen (secondary N) is 1. The van der Waals surface area contributed by atoms with Crippen LogP contribution < -0.4 is 5.32 Å². The van der Waals surface area contributed by atoms with Crippen molar-refractivity contribution in [3.05, 3.63) is 71.3 Å². The van der Waals surface area contributed by atoms with Gasteiger partial charge in [-0.15, -0.1) is 0 Å². The summed E-state index contributed by atoms with van der Waals surface area (Å²) in [5.41, 5.74) is 3.64. The highest BCUT2D eigenvalue weighted by Gasteiger charge is 2.33. The number of carbonyl (C=O) groups excluding carboxylic acids is 2. The van der Waals surface area contributed by atoms with Crippen LogP contribution in [0.15, 0.2) is 54.6 Å². The molecule has 28 heavy (non-hydrogen) atoms. The molecule has 1 atom stereocenters. The number of carbonyl (C=O) groups is 2. The Labute approximate surface area is 166 Å². The molecule has 1 N–H and O–H groups in total. The van der Waals surface area contributed by atoms with Crippen LogP contribution in [0.25, 0.3) is 0 Å². The number of piperidine rings is 1. The number of nitrogens with zero attached hydrogens (tertiary/aromatic N) is 1. The van der Waals surface area contributed by atoms with Gasteiger partial charge in [-0.25, -0.2) is 0 Å². The van der Waals surface area contributed by atoms with Crippen LogP contribution in [0.5, 0.6) is 0 Å². The van der Waals surface area contributed by atoms with Crippen LogP contribution in [0.1, 0.15) is 48.3 Å². The summed E-state index contributed by atoms with van der Waals surface area (Å²) in [6.07, 6.45) is 4.59. The molecule has 2 aromatic carbocycles. The molecule has 0 radical (unpaired) electrons. The van der Waals surface area contributed by atoms with E-state index in [9.17, 15) is 9.59 Å². The van der Waals surface area contributed by atoms with Gasteiger partial charge in [-0.2, -0.15) is 0 Å². The minimum absolute atomic E-state index is 0.00593. The van der Waals surface area contributed by atoms with Crippen LogP contribution in [0, 0.1) is 5.92 Å². The summed E-state index contributed by atoms with van der Waals surface area (Å²) in [6, 6.07) is 18.3. The molecule has 1 aliphatic heterocycles. The van der Waals surface area contributed by atoms with Gasteiger partial charge in [-0.05, 0) is 48.8 Å². The van der Waals surface area contributed by atoms with Gasteiger partial charge in [0.2, 0.25) is 11.8 Å². The Morgan fingerprint density at radius 1 is 0.929 bits per heavy atom. The van der Waals surface area contributed by atoms with Crippen LogP contribution in [0.3, 0.4) is 0 Å². The number of hydrogen-bond donors (Lipinski definition) is 1. The molecular formula is C24H28N2O2. The second-order valence-corrected chi connectivity index (χ2v) is 7.95. The van der Waals surface area contributed by atoms with Gasteiger partial charge in [0.15, 0.2) is 0 Å². The van der Waals surface area contributed by atoms with Crippen molar-refractivity contribution in [2.75, 3.05) is 13.1 Å². The Morgan fingerprint density at radius 2 is 1.64 bits per heavy atom. The normalized spacial score (nSPS) is 19.7. The van der Waals surface area contributed by atoms with Crippen molar-refractivity contribution < 1.29 is 9.59 Å². The van der Waals surface area contributed by atoms with E-state index in [1.807, 2.05) is 41.3 Å². The number of hydrogen-bond acceptors (Lipinski definition) is 2. The maximum atomic E-state index is 13.1. The molecule has 2 aliphatic rings. The lowest BCUT2D eigenvalue weighted by Crippen LogP contribution is -2.45. The fourth-order valence-corrected chi connectivity index (χ4v) is 4.52. The number of benzene rings is 2. The van der Waals surface area contributed by atoms with E-state index >= 15 is 0 Å². The number of aryl methyl sites for hydroxylation is 1. The first kappa shape index (κ1) is 18.7. The first-order valence-corrected chi connectivity index (χ1v) is 10.4. The molecule has 4 heteroatoms. The lowest BCUT2D eigenvalue weighted by atomic mass is 9.81. The van der Waals surface area contributed by atoms with Crippen LogP contribution in [-0.2, 0) is 22.6 Å². The Bertz CT molecular complexity index is 826. The molecule has 2 aromatic rings. The Kier molecular flexibility index (Phi) is 5.75. The maximum absolute atomic E-state index is 13.1. The van der Waals surface area contributed by atoms with Gasteiger partial charge < -0.3 is 10.2 Å². The van der Waals surface area contributed by atoms with E-state index in [1.165, 1.54) is 11.1 Å². The van der Waals surface area contributed by atoms with Crippen LogP contribution >= 0.6 is 0 Å². The third kappa shape index (κ3) is 4.11. The van der Waals surface area contributed by atoms with E-state index in [4.69, 9.17) is 0 Å². The molecule has 2 amide bonds. The summed E-state index contributed by atoms with van der Waals surface area (Å²) >= 11 is 0. The van der Waals surface area contributed by atoms with Crippen molar-refractivity contribution in [2.24, 2.45) is 5.92 Å². The minimum Gasteiger partial charge on any atom is -0.352 e. The van der Waals surface area contributed by atoms with Gasteiger partial charge in [0.1, 0.15) is 0 Å². The van der Waals surface area contributed by atoms with Crippen molar-refractivity contribution in [3.8, 4) is 0 Å². The van der Waals surface area contributed by atoms with Crippen LogP contribution in [0.4, 0.5) is 0 Å². The largest absolute Gasteiger partial charge is 0.352 e. The highest BCUT2D eigenvalue weighted by atomic mass is 16.2. The van der Waals surface area contributed by atoms with Crippen molar-refractivity contribution >= 4 is 11.8 Å². The molecule has 4 nitrogen and oxygen atoms in total. The van der Waals surface area contributed by atoms with Gasteiger partial charge in [0.25, 0.3) is 0 Å². The van der Waals surface area contributed by atoms with E-state index in [0.29, 0.717) is 19.6 Å². The quantitative estimate of drug-likeness (QED) is 0.885. The SMILES string of the molecule is O=C(NCc1ccccc1)C1CCN(C(=O)[C@@H]2CCCc3ccccc32)CC1. The van der Waals surface area contributed by atoms with E-state index in [-0.39, 0.29) is 23.7 Å². The van der Waals surface area contributed by atoms with E-state index in [0.717, 1.165) is 37.7 Å². The highest BCUT2D eigenvalue weighted by molar-refractivity contribution is 5.85. The third-order valence-electron chi connectivity index (χ3n) is 6.15. The Balaban J connectivity index is 1.30. The second-order valence-electron chi connectivity index (χ2n) is 7.95. The van der Waals surface area contributed by atoms with Gasteiger partial charge in [0.05, 0.1) is 5.92 Å². The molecule has 0 aromatic heterocycles. The first-order chi connectivity index (χ1) is 13.7. The van der Waals surface area contributed by atoms with Crippen molar-refractivity contribution in [2.45, 2.75) is 44.6 Å². The van der Waals surface area contributed by atoms with Gasteiger partial charge >= 0.3 is 0 Å². The molecular weight excluding hydrogens is 348 g/mol. The fraction of sp³-hybridized carbons (Fsp3) is 0.417. The average Bonchev–Trinajstić information content (AvgIpc) is 2.77. The molecule has 4 rings (SSSR count). The summed E-state index contributed by atoms with van der Waals surface area (Å²) < 4.78 is 0.